The van der Waals surface area contributed by atoms with Crippen molar-refractivity contribution in [1.29, 1.82) is 0 Å². The van der Waals surface area contributed by atoms with Crippen molar-refractivity contribution < 1.29 is 80.2 Å². The molecule has 0 radical (unpaired) electrons. The Morgan fingerprint density at radius 2 is 0.457 bits per heavy atom. The molecule has 105 heavy (non-hydrogen) atoms. The van der Waals surface area contributed by atoms with E-state index in [0.29, 0.717) is 25.7 Å². The first-order valence-electron chi connectivity index (χ1n) is 44.2. The van der Waals surface area contributed by atoms with Gasteiger partial charge in [-0.2, -0.15) is 0 Å². The highest BCUT2D eigenvalue weighted by Gasteiger charge is 2.31. The molecule has 0 rings (SSSR count). The summed E-state index contributed by atoms with van der Waals surface area (Å²) in [6.45, 7) is 14.3. The zero-order valence-electron chi connectivity index (χ0n) is 69.4. The molecule has 0 fully saturated rings. The lowest BCUT2D eigenvalue weighted by atomic mass is 10.00. The Morgan fingerprint density at radius 3 is 0.676 bits per heavy atom. The van der Waals surface area contributed by atoms with Crippen molar-refractivity contribution >= 4 is 39.5 Å². The number of rotatable bonds is 83. The highest BCUT2D eigenvalue weighted by atomic mass is 31.2. The number of carbonyl (C=O) groups excluding carboxylic acids is 4. The predicted octanol–water partition coefficient (Wildman–Crippen LogP) is 25.9. The Balaban J connectivity index is 5.21. The van der Waals surface area contributed by atoms with Crippen LogP contribution in [0, 0.1) is 23.7 Å². The quantitative estimate of drug-likeness (QED) is 0.0222. The number of unbranched alkanes of at least 4 members (excludes halogenated alkanes) is 48. The van der Waals surface area contributed by atoms with Crippen LogP contribution < -0.4 is 0 Å². The molecule has 0 aromatic heterocycles. The Hall–Kier alpha value is -1.94. The summed E-state index contributed by atoms with van der Waals surface area (Å²) < 4.78 is 68.9. The maximum absolute atomic E-state index is 13.1. The molecule has 0 saturated carbocycles. The summed E-state index contributed by atoms with van der Waals surface area (Å²) in [6, 6.07) is 0. The highest BCUT2D eigenvalue weighted by molar-refractivity contribution is 7.47. The van der Waals surface area contributed by atoms with Crippen LogP contribution in [-0.4, -0.2) is 96.7 Å². The van der Waals surface area contributed by atoms with E-state index in [0.717, 1.165) is 120 Å². The molecule has 0 aromatic rings. The first-order chi connectivity index (χ1) is 50.6. The number of aliphatic hydroxyl groups is 1. The first-order valence-corrected chi connectivity index (χ1v) is 47.2. The average molecular weight is 1540 g/mol. The second-order valence-corrected chi connectivity index (χ2v) is 35.5. The topological polar surface area (TPSA) is 237 Å². The van der Waals surface area contributed by atoms with Gasteiger partial charge in [-0.25, -0.2) is 9.13 Å². The van der Waals surface area contributed by atoms with Gasteiger partial charge in [-0.1, -0.05) is 396 Å². The third-order valence-corrected chi connectivity index (χ3v) is 22.3. The minimum Gasteiger partial charge on any atom is -0.462 e. The Labute approximate surface area is 645 Å². The van der Waals surface area contributed by atoms with Gasteiger partial charge in [0.05, 0.1) is 26.4 Å². The van der Waals surface area contributed by atoms with Gasteiger partial charge in [-0.05, 0) is 49.4 Å². The number of hydrogen-bond acceptors (Lipinski definition) is 15. The SMILES string of the molecule is CCC(C)CCCCCCCCC(=O)OC[C@H](COP(=O)(O)OC[C@H](O)COP(=O)(O)OC[C@@H](COC(=O)CCCCCCCCCCCCCCC(C)C)OC(=O)CCCCCCCCCCCCCCCCCCC(C)C)OC(=O)CCCCCCCCCCCCCCCCCCCCC(C)C. The molecular weight excluding hydrogens is 1370 g/mol. The molecule has 0 heterocycles. The van der Waals surface area contributed by atoms with Crippen molar-refractivity contribution in [3.63, 3.8) is 0 Å². The van der Waals surface area contributed by atoms with Crippen LogP contribution in [0.4, 0.5) is 0 Å². The Kier molecular flexibility index (Phi) is 73.4. The summed E-state index contributed by atoms with van der Waals surface area (Å²) >= 11 is 0. The number of hydrogen-bond donors (Lipinski definition) is 3. The van der Waals surface area contributed by atoms with Crippen molar-refractivity contribution in [2.75, 3.05) is 39.6 Å². The molecule has 6 atom stereocenters. The number of phosphoric acid groups is 2. The van der Waals surface area contributed by atoms with Crippen molar-refractivity contribution in [1.82, 2.24) is 0 Å². The van der Waals surface area contributed by atoms with Crippen molar-refractivity contribution in [3.8, 4) is 0 Å². The number of ether oxygens (including phenoxy) is 4. The van der Waals surface area contributed by atoms with Crippen molar-refractivity contribution in [2.24, 2.45) is 23.7 Å². The summed E-state index contributed by atoms with van der Waals surface area (Å²) in [5.74, 6) is 1.03. The van der Waals surface area contributed by atoms with E-state index in [9.17, 15) is 43.2 Å². The first kappa shape index (κ1) is 103. The van der Waals surface area contributed by atoms with Crippen LogP contribution >= 0.6 is 15.6 Å². The summed E-state index contributed by atoms with van der Waals surface area (Å²) in [5.41, 5.74) is 0. The fourth-order valence-corrected chi connectivity index (χ4v) is 14.9. The lowest BCUT2D eigenvalue weighted by molar-refractivity contribution is -0.161. The molecule has 624 valence electrons. The molecule has 0 aliphatic heterocycles. The van der Waals surface area contributed by atoms with Crippen LogP contribution in [0.2, 0.25) is 0 Å². The fourth-order valence-electron chi connectivity index (χ4n) is 13.3. The zero-order chi connectivity index (χ0) is 77.4. The maximum Gasteiger partial charge on any atom is 0.472 e. The molecule has 19 heteroatoms. The minimum atomic E-state index is -4.97. The molecule has 3 N–H and O–H groups in total. The van der Waals surface area contributed by atoms with E-state index in [-0.39, 0.29) is 25.7 Å². The maximum atomic E-state index is 13.1. The normalized spacial score (nSPS) is 14.2. The Morgan fingerprint density at radius 1 is 0.267 bits per heavy atom. The monoisotopic (exact) mass is 1540 g/mol. The van der Waals surface area contributed by atoms with Crippen LogP contribution in [0.25, 0.3) is 0 Å². The highest BCUT2D eigenvalue weighted by Crippen LogP contribution is 2.45. The zero-order valence-corrected chi connectivity index (χ0v) is 71.2. The van der Waals surface area contributed by atoms with E-state index in [1.807, 2.05) is 0 Å². The number of aliphatic hydroxyl groups excluding tert-OH is 1. The van der Waals surface area contributed by atoms with Gasteiger partial charge in [-0.15, -0.1) is 0 Å². The van der Waals surface area contributed by atoms with E-state index in [4.69, 9.17) is 37.0 Å². The number of carbonyl (C=O) groups is 4. The summed E-state index contributed by atoms with van der Waals surface area (Å²) in [5, 5.41) is 10.7. The molecule has 0 spiro atoms. The van der Waals surface area contributed by atoms with E-state index in [1.54, 1.807) is 0 Å². The Bertz CT molecular complexity index is 2040. The van der Waals surface area contributed by atoms with Gasteiger partial charge in [0.1, 0.15) is 19.3 Å². The largest absolute Gasteiger partial charge is 0.472 e. The van der Waals surface area contributed by atoms with Crippen molar-refractivity contribution in [2.45, 2.75) is 465 Å². The lowest BCUT2D eigenvalue weighted by Crippen LogP contribution is -2.30. The van der Waals surface area contributed by atoms with Crippen LogP contribution in [0.1, 0.15) is 447 Å². The molecule has 3 unspecified atom stereocenters. The van der Waals surface area contributed by atoms with Crippen LogP contribution in [0.15, 0.2) is 0 Å². The van der Waals surface area contributed by atoms with Gasteiger partial charge in [0.15, 0.2) is 12.2 Å². The lowest BCUT2D eigenvalue weighted by Gasteiger charge is -2.21. The van der Waals surface area contributed by atoms with Crippen molar-refractivity contribution in [3.05, 3.63) is 0 Å². The second kappa shape index (κ2) is 74.8. The second-order valence-electron chi connectivity index (χ2n) is 32.6. The summed E-state index contributed by atoms with van der Waals surface area (Å²) in [7, 11) is -9.93. The van der Waals surface area contributed by atoms with E-state index < -0.39 is 97.5 Å². The van der Waals surface area contributed by atoms with Gasteiger partial charge < -0.3 is 33.8 Å². The molecule has 17 nitrogen and oxygen atoms in total. The van der Waals surface area contributed by atoms with E-state index in [2.05, 4.69) is 55.4 Å². The minimum absolute atomic E-state index is 0.107. The van der Waals surface area contributed by atoms with Crippen LogP contribution in [0.3, 0.4) is 0 Å². The molecule has 0 saturated heterocycles. The summed E-state index contributed by atoms with van der Waals surface area (Å²) in [6.07, 6.45) is 63.9. The van der Waals surface area contributed by atoms with E-state index in [1.165, 1.54) is 244 Å². The molecule has 0 amide bonds. The predicted molar refractivity (Wildman–Crippen MR) is 432 cm³/mol. The summed E-state index contributed by atoms with van der Waals surface area (Å²) in [4.78, 5) is 73.2. The third-order valence-electron chi connectivity index (χ3n) is 20.4. The van der Waals surface area contributed by atoms with Gasteiger partial charge in [0, 0.05) is 25.7 Å². The van der Waals surface area contributed by atoms with Gasteiger partial charge in [0.25, 0.3) is 0 Å². The van der Waals surface area contributed by atoms with Gasteiger partial charge in [-0.3, -0.25) is 37.3 Å². The van der Waals surface area contributed by atoms with Gasteiger partial charge in [0.2, 0.25) is 0 Å². The molecule has 0 bridgehead atoms. The van der Waals surface area contributed by atoms with E-state index >= 15 is 0 Å². The third kappa shape index (κ3) is 78.5. The molecule has 0 aromatic carbocycles. The fraction of sp³-hybridized carbons (Fsp3) is 0.953. The van der Waals surface area contributed by atoms with Crippen LogP contribution in [-0.2, 0) is 65.4 Å². The molecule has 0 aliphatic rings. The standard InChI is InChI=1S/C86H168O17P2/c1-9-79(8)65-57-49-44-45-51-59-67-84(89)97-73-82(103-86(91)69-61-52-42-36-30-22-18-13-11-10-12-16-20-26-32-38-46-54-62-76(2)3)75-101-105(94,95)99-71-80(87)70-98-104(92,93)100-74-81(72-96-83(88)66-58-50-41-35-29-25-24-28-34-40-48-56-64-78(6)7)102-85(90)68-60-53-43-37-31-23-19-15-14-17-21-27-33-39-47-55-63-77(4)5/h76-82,87H,9-75H2,1-8H3,(H,92,93)(H,94,95)/t79?,80-,81-,82-/m1/s1. The number of esters is 4. The molecular formula is C86H168O17P2. The smallest absolute Gasteiger partial charge is 0.462 e. The van der Waals surface area contributed by atoms with Crippen LogP contribution in [0.5, 0.6) is 0 Å². The molecule has 0 aliphatic carbocycles. The van der Waals surface area contributed by atoms with Gasteiger partial charge >= 0.3 is 39.5 Å². The average Bonchev–Trinajstić information content (AvgIpc) is 0.918. The number of phosphoric ester groups is 2.